The molecule has 1 aromatic heterocycles. The van der Waals surface area contributed by atoms with Gasteiger partial charge in [-0.15, -0.1) is 24.5 Å². The molecule has 12 heavy (non-hydrogen) atoms. The normalized spacial score (nSPS) is 8.42. The average Bonchev–Trinajstić information content (AvgIpc) is 2.61. The van der Waals surface area contributed by atoms with Crippen molar-refractivity contribution in [2.75, 3.05) is 6.61 Å². The van der Waals surface area contributed by atoms with Gasteiger partial charge in [0.05, 0.1) is 6.61 Å². The first kappa shape index (κ1) is 11.2. The molecule has 1 rings (SSSR count). The van der Waals surface area contributed by atoms with Crippen LogP contribution in [0.4, 0.5) is 0 Å². The van der Waals surface area contributed by atoms with Gasteiger partial charge in [0.1, 0.15) is 5.75 Å². The van der Waals surface area contributed by atoms with E-state index in [0.29, 0.717) is 0 Å². The molecule has 1 heterocycles. The summed E-state index contributed by atoms with van der Waals surface area (Å²) in [5.41, 5.74) is 0. The molecule has 0 aromatic carbocycles. The molecular formula is C10H16OS. The lowest BCUT2D eigenvalue weighted by atomic mass is 10.4. The van der Waals surface area contributed by atoms with Crippen molar-refractivity contribution in [3.63, 3.8) is 0 Å². The number of unbranched alkanes of at least 4 members (excludes halogenated alkanes) is 1. The van der Waals surface area contributed by atoms with E-state index in [2.05, 4.69) is 20.1 Å². The highest BCUT2D eigenvalue weighted by Crippen LogP contribution is 2.14. The van der Waals surface area contributed by atoms with Crippen LogP contribution in [0.5, 0.6) is 5.75 Å². The van der Waals surface area contributed by atoms with Gasteiger partial charge in [-0.25, -0.2) is 0 Å². The molecule has 0 bridgehead atoms. The van der Waals surface area contributed by atoms with Crippen LogP contribution >= 0.6 is 11.3 Å². The predicted octanol–water partition coefficient (Wildman–Crippen LogP) is 3.73. The van der Waals surface area contributed by atoms with Crippen molar-refractivity contribution in [2.24, 2.45) is 0 Å². The highest BCUT2D eigenvalue weighted by atomic mass is 32.1. The summed E-state index contributed by atoms with van der Waals surface area (Å²) >= 11 is 1.67. The molecule has 0 spiro atoms. The van der Waals surface area contributed by atoms with Gasteiger partial charge in [0.2, 0.25) is 0 Å². The molecule has 0 atom stereocenters. The molecule has 1 nitrogen and oxygen atoms in total. The van der Waals surface area contributed by atoms with E-state index in [0.717, 1.165) is 18.8 Å². The SMILES string of the molecule is C=C.CCCCOc1ccsc1. The largest absolute Gasteiger partial charge is 0.493 e. The molecule has 0 aliphatic carbocycles. The van der Waals surface area contributed by atoms with E-state index in [1.807, 2.05) is 16.8 Å². The van der Waals surface area contributed by atoms with Crippen molar-refractivity contribution in [2.45, 2.75) is 19.8 Å². The van der Waals surface area contributed by atoms with Gasteiger partial charge in [0, 0.05) is 5.38 Å². The minimum absolute atomic E-state index is 0.854. The van der Waals surface area contributed by atoms with Gasteiger partial charge in [-0.3, -0.25) is 0 Å². The van der Waals surface area contributed by atoms with Crippen molar-refractivity contribution in [3.8, 4) is 5.75 Å². The minimum atomic E-state index is 0.854. The Morgan fingerprint density at radius 3 is 2.75 bits per heavy atom. The zero-order chi connectivity index (χ0) is 9.23. The Labute approximate surface area is 78.7 Å². The Hall–Kier alpha value is -0.760. The van der Waals surface area contributed by atoms with Gasteiger partial charge in [0.25, 0.3) is 0 Å². The highest BCUT2D eigenvalue weighted by molar-refractivity contribution is 7.08. The van der Waals surface area contributed by atoms with Crippen LogP contribution in [-0.2, 0) is 0 Å². The van der Waals surface area contributed by atoms with E-state index in [4.69, 9.17) is 4.74 Å². The Balaban J connectivity index is 0.000000561. The summed E-state index contributed by atoms with van der Waals surface area (Å²) in [5.74, 6) is 1.01. The van der Waals surface area contributed by atoms with Gasteiger partial charge < -0.3 is 4.74 Å². The summed E-state index contributed by atoms with van der Waals surface area (Å²) in [6, 6.07) is 2.00. The highest BCUT2D eigenvalue weighted by Gasteiger charge is 1.90. The molecular weight excluding hydrogens is 168 g/mol. The van der Waals surface area contributed by atoms with Gasteiger partial charge >= 0.3 is 0 Å². The third-order valence-corrected chi connectivity index (χ3v) is 1.92. The van der Waals surface area contributed by atoms with Crippen molar-refractivity contribution in [3.05, 3.63) is 30.0 Å². The Morgan fingerprint density at radius 1 is 1.50 bits per heavy atom. The molecule has 1 aromatic rings. The van der Waals surface area contributed by atoms with Crippen molar-refractivity contribution in [1.82, 2.24) is 0 Å². The molecule has 0 amide bonds. The van der Waals surface area contributed by atoms with Crippen LogP contribution in [0.25, 0.3) is 0 Å². The first-order chi connectivity index (χ1) is 5.93. The molecule has 2 heteroatoms. The fraction of sp³-hybridized carbons (Fsp3) is 0.400. The number of hydrogen-bond donors (Lipinski definition) is 0. The fourth-order valence-corrected chi connectivity index (χ4v) is 1.24. The van der Waals surface area contributed by atoms with E-state index in [1.165, 1.54) is 6.42 Å². The number of hydrogen-bond acceptors (Lipinski definition) is 2. The molecule has 0 unspecified atom stereocenters. The third kappa shape index (κ3) is 4.97. The van der Waals surface area contributed by atoms with E-state index < -0.39 is 0 Å². The van der Waals surface area contributed by atoms with Crippen LogP contribution < -0.4 is 4.74 Å². The Morgan fingerprint density at radius 2 is 2.25 bits per heavy atom. The summed E-state index contributed by atoms with van der Waals surface area (Å²) in [5, 5.41) is 4.05. The second-order valence-corrected chi connectivity index (χ2v) is 2.94. The average molecular weight is 184 g/mol. The zero-order valence-corrected chi connectivity index (χ0v) is 8.40. The summed E-state index contributed by atoms with van der Waals surface area (Å²) in [4.78, 5) is 0. The van der Waals surface area contributed by atoms with Crippen molar-refractivity contribution >= 4 is 11.3 Å². The minimum Gasteiger partial charge on any atom is -0.493 e. The van der Waals surface area contributed by atoms with Gasteiger partial charge in [-0.05, 0) is 17.9 Å². The van der Waals surface area contributed by atoms with Gasteiger partial charge in [0.15, 0.2) is 0 Å². The molecule has 0 radical (unpaired) electrons. The molecule has 0 saturated heterocycles. The smallest absolute Gasteiger partial charge is 0.129 e. The van der Waals surface area contributed by atoms with E-state index >= 15 is 0 Å². The number of ether oxygens (including phenoxy) is 1. The zero-order valence-electron chi connectivity index (χ0n) is 7.58. The van der Waals surface area contributed by atoms with Crippen LogP contribution in [0.1, 0.15) is 19.8 Å². The molecule has 0 aliphatic rings. The van der Waals surface area contributed by atoms with E-state index in [9.17, 15) is 0 Å². The second-order valence-electron chi connectivity index (χ2n) is 2.16. The molecule has 0 aliphatic heterocycles. The maximum atomic E-state index is 5.40. The van der Waals surface area contributed by atoms with Crippen LogP contribution in [0, 0.1) is 0 Å². The van der Waals surface area contributed by atoms with Crippen molar-refractivity contribution in [1.29, 1.82) is 0 Å². The lowest BCUT2D eigenvalue weighted by molar-refractivity contribution is 0.310. The fourth-order valence-electron chi connectivity index (χ4n) is 0.668. The first-order valence-corrected chi connectivity index (χ1v) is 5.02. The van der Waals surface area contributed by atoms with Crippen LogP contribution in [0.3, 0.4) is 0 Å². The topological polar surface area (TPSA) is 9.23 Å². The molecule has 0 fully saturated rings. The van der Waals surface area contributed by atoms with Gasteiger partial charge in [-0.2, -0.15) is 0 Å². The number of rotatable bonds is 4. The Bertz CT molecular complexity index is 170. The number of thiophene rings is 1. The monoisotopic (exact) mass is 184 g/mol. The quantitative estimate of drug-likeness (QED) is 0.512. The summed E-state index contributed by atoms with van der Waals surface area (Å²) in [6.45, 7) is 9.02. The van der Waals surface area contributed by atoms with Crippen LogP contribution in [-0.4, -0.2) is 6.61 Å². The first-order valence-electron chi connectivity index (χ1n) is 4.08. The van der Waals surface area contributed by atoms with Crippen LogP contribution in [0.15, 0.2) is 30.0 Å². The summed E-state index contributed by atoms with van der Waals surface area (Å²) in [6.07, 6.45) is 2.35. The predicted molar refractivity (Wildman–Crippen MR) is 56.0 cm³/mol. The lowest BCUT2D eigenvalue weighted by Gasteiger charge is -1.99. The summed E-state index contributed by atoms with van der Waals surface area (Å²) < 4.78 is 5.40. The standard InChI is InChI=1S/C8H12OS.C2H4/c1-2-3-5-9-8-4-6-10-7-8;1-2/h4,6-7H,2-3,5H2,1H3;1-2H2. The second kappa shape index (κ2) is 8.34. The molecule has 0 N–H and O–H groups in total. The third-order valence-electron chi connectivity index (χ3n) is 1.26. The Kier molecular flexibility index (Phi) is 7.81. The van der Waals surface area contributed by atoms with Crippen LogP contribution in [0.2, 0.25) is 0 Å². The van der Waals surface area contributed by atoms with E-state index in [1.54, 1.807) is 11.3 Å². The lowest BCUT2D eigenvalue weighted by Crippen LogP contribution is -1.94. The van der Waals surface area contributed by atoms with Gasteiger partial charge in [-0.1, -0.05) is 13.3 Å². The summed E-state index contributed by atoms with van der Waals surface area (Å²) in [7, 11) is 0. The maximum absolute atomic E-state index is 5.40. The molecule has 0 saturated carbocycles. The maximum Gasteiger partial charge on any atom is 0.129 e. The van der Waals surface area contributed by atoms with E-state index in [-0.39, 0.29) is 0 Å². The van der Waals surface area contributed by atoms with Crippen molar-refractivity contribution < 1.29 is 4.74 Å². The molecule has 68 valence electrons.